The average molecular weight is 848 g/mol. The number of aromatic nitrogens is 2. The minimum Gasteiger partial charge on any atom is -0.308 e. The molecule has 0 unspecified atom stereocenters. The van der Waals surface area contributed by atoms with E-state index in [1.54, 1.807) is 24.3 Å². The number of nitrogens with zero attached hydrogens (tertiary/aromatic N) is 5. The Bertz CT molecular complexity index is 3670. The van der Waals surface area contributed by atoms with Gasteiger partial charge in [0.2, 0.25) is 0 Å². The van der Waals surface area contributed by atoms with Gasteiger partial charge in [-0.15, -0.1) is 0 Å². The van der Waals surface area contributed by atoms with Crippen LogP contribution in [0.4, 0.5) is 32.0 Å². The Morgan fingerprint density at radius 2 is 0.891 bits per heavy atom. The van der Waals surface area contributed by atoms with E-state index in [1.807, 2.05) is 118 Å². The number of halogens is 6. The van der Waals surface area contributed by atoms with Gasteiger partial charge in [0.1, 0.15) is 0 Å². The third kappa shape index (κ3) is 6.48. The third-order valence-electron chi connectivity index (χ3n) is 11.7. The first-order valence-corrected chi connectivity index (χ1v) is 19.8. The molecule has 2 heterocycles. The smallest absolute Gasteiger partial charge is 0.308 e. The Labute approximate surface area is 360 Å². The van der Waals surface area contributed by atoms with Crippen molar-refractivity contribution >= 4 is 49.3 Å². The first kappa shape index (κ1) is 39.5. The van der Waals surface area contributed by atoms with Crippen LogP contribution in [0, 0.1) is 29.2 Å². The molecule has 8 aromatic carbocycles. The van der Waals surface area contributed by atoms with E-state index in [2.05, 4.69) is 17.0 Å². The largest absolute Gasteiger partial charge is 0.416 e. The number of rotatable bonds is 5. The fraction of sp³-hybridized carbons (Fsp3) is 0.0377. The summed E-state index contributed by atoms with van der Waals surface area (Å²) in [6, 6.07) is 50.0. The summed E-state index contributed by atoms with van der Waals surface area (Å²) in [7, 11) is 0. The van der Waals surface area contributed by atoms with Crippen LogP contribution in [0.5, 0.6) is 0 Å². The van der Waals surface area contributed by atoms with Gasteiger partial charge in [-0.3, -0.25) is 0 Å². The van der Waals surface area contributed by atoms with E-state index in [-0.39, 0.29) is 17.3 Å². The van der Waals surface area contributed by atoms with Gasteiger partial charge in [-0.2, -0.15) is 36.9 Å². The topological polar surface area (TPSA) is 61.8 Å². The summed E-state index contributed by atoms with van der Waals surface area (Å²) in [6.07, 6.45) is -10.3. The molecule has 11 heteroatoms. The summed E-state index contributed by atoms with van der Waals surface area (Å²) in [5, 5.41) is 22.1. The van der Waals surface area contributed by atoms with Crippen molar-refractivity contribution in [3.05, 3.63) is 197 Å². The second kappa shape index (κ2) is 14.8. The molecule has 0 saturated carbocycles. The Hall–Kier alpha value is -8.59. The minimum absolute atomic E-state index is 0.0974. The third-order valence-corrected chi connectivity index (χ3v) is 11.7. The molecule has 0 radical (unpaired) electrons. The van der Waals surface area contributed by atoms with E-state index in [0.717, 1.165) is 60.9 Å². The van der Waals surface area contributed by atoms with Crippen molar-refractivity contribution in [1.29, 1.82) is 10.5 Å². The average Bonchev–Trinajstić information content (AvgIpc) is 3.82. The molecular weight excluding hydrogens is 821 g/mol. The second-order valence-electron chi connectivity index (χ2n) is 15.3. The van der Waals surface area contributed by atoms with Crippen LogP contribution in [0.3, 0.4) is 0 Å². The van der Waals surface area contributed by atoms with Gasteiger partial charge in [-0.1, -0.05) is 78.9 Å². The lowest BCUT2D eigenvalue weighted by molar-refractivity contribution is -0.142. The molecule has 0 aliphatic carbocycles. The van der Waals surface area contributed by atoms with Crippen LogP contribution in [-0.4, -0.2) is 9.13 Å². The summed E-state index contributed by atoms with van der Waals surface area (Å²) in [5.41, 5.74) is 4.14. The number of para-hydroxylation sites is 2. The maximum atomic E-state index is 14.9. The molecule has 2 aromatic heterocycles. The van der Waals surface area contributed by atoms with Crippen LogP contribution in [0.15, 0.2) is 164 Å². The quantitative estimate of drug-likeness (QED) is 0.128. The zero-order chi connectivity index (χ0) is 44.5. The molecule has 0 N–H and O–H groups in total. The Morgan fingerprint density at radius 3 is 1.34 bits per heavy atom. The van der Waals surface area contributed by atoms with E-state index < -0.39 is 29.0 Å². The first-order chi connectivity index (χ1) is 30.9. The monoisotopic (exact) mass is 847 g/mol. The van der Waals surface area contributed by atoms with E-state index >= 15 is 0 Å². The fourth-order valence-corrected chi connectivity index (χ4v) is 8.72. The van der Waals surface area contributed by atoms with Crippen LogP contribution in [0.2, 0.25) is 0 Å². The van der Waals surface area contributed by atoms with Crippen molar-refractivity contribution < 1.29 is 26.3 Å². The van der Waals surface area contributed by atoms with Crippen molar-refractivity contribution in [3.8, 4) is 56.9 Å². The number of hydrogen-bond donors (Lipinski definition) is 0. The van der Waals surface area contributed by atoms with Gasteiger partial charge in [0.05, 0.1) is 74.4 Å². The zero-order valence-corrected chi connectivity index (χ0v) is 33.1. The molecule has 0 atom stereocenters. The SMILES string of the molecule is [C-]#[N+]c1cc(-n2c3ccccc3c3cc(-c4ccc(C#N)cc4)ccc32)c(-n2c3ccccc3c3cc(-c4ccc(C#N)cc4)ccc32)cc1-c1ccc(C(F)(F)F)cc1C(F)(F)F. The highest BCUT2D eigenvalue weighted by Gasteiger charge is 2.39. The summed E-state index contributed by atoms with van der Waals surface area (Å²) < 4.78 is 90.4. The number of benzene rings is 8. The summed E-state index contributed by atoms with van der Waals surface area (Å²) >= 11 is 0. The van der Waals surface area contributed by atoms with E-state index in [1.165, 1.54) is 12.1 Å². The van der Waals surface area contributed by atoms with Crippen molar-refractivity contribution in [2.75, 3.05) is 0 Å². The highest BCUT2D eigenvalue weighted by molar-refractivity contribution is 6.13. The van der Waals surface area contributed by atoms with Crippen LogP contribution >= 0.6 is 0 Å². The van der Waals surface area contributed by atoms with Gasteiger partial charge >= 0.3 is 12.4 Å². The molecule has 10 rings (SSSR count). The van der Waals surface area contributed by atoms with E-state index in [0.29, 0.717) is 39.6 Å². The minimum atomic E-state index is -5.21. The van der Waals surface area contributed by atoms with Crippen molar-refractivity contribution in [3.63, 3.8) is 0 Å². The van der Waals surface area contributed by atoms with Crippen LogP contribution < -0.4 is 0 Å². The van der Waals surface area contributed by atoms with Gasteiger partial charge in [0.15, 0.2) is 5.69 Å². The lowest BCUT2D eigenvalue weighted by atomic mass is 9.94. The van der Waals surface area contributed by atoms with Gasteiger partial charge < -0.3 is 9.13 Å². The molecule has 0 saturated heterocycles. The molecule has 5 nitrogen and oxygen atoms in total. The lowest BCUT2D eigenvalue weighted by Gasteiger charge is -2.21. The van der Waals surface area contributed by atoms with Crippen molar-refractivity contribution in [1.82, 2.24) is 9.13 Å². The number of alkyl halides is 6. The lowest BCUT2D eigenvalue weighted by Crippen LogP contribution is -2.12. The van der Waals surface area contributed by atoms with Crippen LogP contribution in [0.25, 0.3) is 93.2 Å². The summed E-state index contributed by atoms with van der Waals surface area (Å²) in [5.74, 6) is 0. The van der Waals surface area contributed by atoms with Gasteiger partial charge in [0, 0.05) is 21.5 Å². The summed E-state index contributed by atoms with van der Waals surface area (Å²) in [6.45, 7) is 8.35. The molecule has 0 fully saturated rings. The van der Waals surface area contributed by atoms with Gasteiger partial charge in [0.25, 0.3) is 0 Å². The number of fused-ring (bicyclic) bond motifs is 6. The standard InChI is InChI=1S/C53H27F6N5/c1-62-45-28-51(64-47-9-5-3-7-40(47)43-25-36(19-23-49(43)64)34-16-12-32(30-61)13-17-34)50(27-41(45)38-21-20-37(52(54,55)56)26-44(38)53(57,58)59)63-46-8-4-2-6-39(46)42-24-35(18-22-48(42)63)33-14-10-31(29-60)11-15-33/h2-28H. The normalized spacial score (nSPS) is 11.9. The maximum absolute atomic E-state index is 14.9. The molecule has 64 heavy (non-hydrogen) atoms. The van der Waals surface area contributed by atoms with Gasteiger partial charge in [-0.25, -0.2) is 4.85 Å². The highest BCUT2D eigenvalue weighted by Crippen LogP contribution is 2.48. The number of nitriles is 2. The molecule has 0 bridgehead atoms. The zero-order valence-electron chi connectivity index (χ0n) is 33.1. The molecular formula is C53H27F6N5. The van der Waals surface area contributed by atoms with E-state index in [9.17, 15) is 36.9 Å². The Morgan fingerprint density at radius 1 is 0.438 bits per heavy atom. The molecule has 0 aliphatic heterocycles. The first-order valence-electron chi connectivity index (χ1n) is 19.8. The number of hydrogen-bond acceptors (Lipinski definition) is 2. The predicted molar refractivity (Wildman–Crippen MR) is 237 cm³/mol. The van der Waals surface area contributed by atoms with Crippen LogP contribution in [-0.2, 0) is 12.4 Å². The van der Waals surface area contributed by atoms with Crippen molar-refractivity contribution in [2.45, 2.75) is 12.4 Å². The van der Waals surface area contributed by atoms with Gasteiger partial charge in [-0.05, 0) is 118 Å². The molecule has 306 valence electrons. The van der Waals surface area contributed by atoms with Crippen LogP contribution in [0.1, 0.15) is 22.3 Å². The molecule has 0 spiro atoms. The van der Waals surface area contributed by atoms with Crippen molar-refractivity contribution in [2.24, 2.45) is 0 Å². The molecule has 10 aromatic rings. The Balaban J connectivity index is 1.31. The fourth-order valence-electron chi connectivity index (χ4n) is 8.72. The molecule has 0 aliphatic rings. The highest BCUT2D eigenvalue weighted by atomic mass is 19.4. The van der Waals surface area contributed by atoms with E-state index in [4.69, 9.17) is 6.57 Å². The summed E-state index contributed by atoms with van der Waals surface area (Å²) in [4.78, 5) is 3.74. The maximum Gasteiger partial charge on any atom is 0.416 e. The second-order valence-corrected chi connectivity index (χ2v) is 15.3. The Kier molecular flexibility index (Phi) is 9.14. The predicted octanol–water partition coefficient (Wildman–Crippen LogP) is 15.2. The molecule has 0 amide bonds.